The molecular formula is C23H26ClN5O2S. The molecule has 0 saturated heterocycles. The van der Waals surface area contributed by atoms with Crippen LogP contribution in [-0.4, -0.2) is 32.3 Å². The third-order valence-corrected chi connectivity index (χ3v) is 6.26. The first-order valence-corrected chi connectivity index (χ1v) is 11.6. The molecule has 0 unspecified atom stereocenters. The Morgan fingerprint density at radius 1 is 1.06 bits per heavy atom. The molecule has 0 radical (unpaired) electrons. The predicted molar refractivity (Wildman–Crippen MR) is 128 cm³/mol. The van der Waals surface area contributed by atoms with Gasteiger partial charge in [-0.15, -0.1) is 10.2 Å². The van der Waals surface area contributed by atoms with Crippen LogP contribution in [0.3, 0.4) is 0 Å². The number of nitrogens with zero attached hydrogens (tertiary/aromatic N) is 3. The van der Waals surface area contributed by atoms with Gasteiger partial charge < -0.3 is 15.2 Å². The maximum Gasteiger partial charge on any atom is 0.253 e. The minimum absolute atomic E-state index is 0.118. The largest absolute Gasteiger partial charge is 0.342 e. The second-order valence-electron chi connectivity index (χ2n) is 7.65. The van der Waals surface area contributed by atoms with Crippen LogP contribution in [0.5, 0.6) is 0 Å². The van der Waals surface area contributed by atoms with Crippen LogP contribution < -0.4 is 10.6 Å². The Labute approximate surface area is 197 Å². The number of hydrogen-bond donors (Lipinski definition) is 2. The van der Waals surface area contributed by atoms with Gasteiger partial charge in [0.15, 0.2) is 11.0 Å². The quantitative estimate of drug-likeness (QED) is 0.460. The van der Waals surface area contributed by atoms with E-state index in [1.165, 1.54) is 11.8 Å². The molecule has 0 spiro atoms. The van der Waals surface area contributed by atoms with Gasteiger partial charge in [0, 0.05) is 12.7 Å². The summed E-state index contributed by atoms with van der Waals surface area (Å²) in [5.74, 6) is 0.677. The highest BCUT2D eigenvalue weighted by molar-refractivity contribution is 7.99. The zero-order chi connectivity index (χ0) is 23.3. The molecule has 0 bridgehead atoms. The van der Waals surface area contributed by atoms with Crippen molar-refractivity contribution in [1.82, 2.24) is 20.1 Å². The fraction of sp³-hybridized carbons (Fsp3) is 0.304. The number of aromatic nitrogens is 3. The Balaban J connectivity index is 1.60. The molecule has 3 rings (SSSR count). The van der Waals surface area contributed by atoms with E-state index in [4.69, 9.17) is 11.6 Å². The molecule has 1 heterocycles. The number of benzene rings is 2. The molecule has 0 aliphatic carbocycles. The Morgan fingerprint density at radius 3 is 2.47 bits per heavy atom. The molecule has 0 aliphatic heterocycles. The maximum atomic E-state index is 12.5. The van der Waals surface area contributed by atoms with Gasteiger partial charge in [-0.3, -0.25) is 9.59 Å². The highest BCUT2D eigenvalue weighted by atomic mass is 35.5. The van der Waals surface area contributed by atoms with Gasteiger partial charge in [-0.2, -0.15) is 0 Å². The summed E-state index contributed by atoms with van der Waals surface area (Å²) in [7, 11) is 1.81. The summed E-state index contributed by atoms with van der Waals surface area (Å²) in [5.41, 5.74) is 2.31. The monoisotopic (exact) mass is 471 g/mol. The van der Waals surface area contributed by atoms with Crippen LogP contribution in [0.2, 0.25) is 5.02 Å². The van der Waals surface area contributed by atoms with Gasteiger partial charge in [-0.05, 0) is 36.6 Å². The van der Waals surface area contributed by atoms with Crippen LogP contribution in [0.25, 0.3) is 0 Å². The molecule has 0 aliphatic rings. The van der Waals surface area contributed by atoms with E-state index in [-0.39, 0.29) is 17.6 Å². The van der Waals surface area contributed by atoms with Crippen LogP contribution in [0.15, 0.2) is 53.7 Å². The minimum Gasteiger partial charge on any atom is -0.342 e. The number of thioether (sulfide) groups is 1. The molecule has 2 aromatic carbocycles. The molecule has 1 aromatic heterocycles. The number of amides is 2. The molecule has 2 N–H and O–H groups in total. The smallest absolute Gasteiger partial charge is 0.253 e. The van der Waals surface area contributed by atoms with Gasteiger partial charge in [-0.1, -0.05) is 67.5 Å². The topological polar surface area (TPSA) is 88.9 Å². The van der Waals surface area contributed by atoms with Gasteiger partial charge in [-0.25, -0.2) is 0 Å². The molecule has 168 valence electrons. The summed E-state index contributed by atoms with van der Waals surface area (Å²) < 4.78 is 1.78. The van der Waals surface area contributed by atoms with E-state index in [0.717, 1.165) is 11.3 Å². The van der Waals surface area contributed by atoms with Crippen molar-refractivity contribution in [2.45, 2.75) is 37.9 Å². The molecule has 32 heavy (non-hydrogen) atoms. The van der Waals surface area contributed by atoms with Crippen molar-refractivity contribution in [2.24, 2.45) is 7.05 Å². The van der Waals surface area contributed by atoms with Crippen molar-refractivity contribution >= 4 is 40.9 Å². The van der Waals surface area contributed by atoms with E-state index in [2.05, 4.69) is 34.7 Å². The Hall–Kier alpha value is -2.84. The van der Waals surface area contributed by atoms with Crippen LogP contribution in [-0.2, 0) is 11.8 Å². The Morgan fingerprint density at radius 2 is 1.75 bits per heavy atom. The highest BCUT2D eigenvalue weighted by Gasteiger charge is 2.20. The Bertz CT molecular complexity index is 1120. The highest BCUT2D eigenvalue weighted by Crippen LogP contribution is 2.25. The second kappa shape index (κ2) is 10.7. The lowest BCUT2D eigenvalue weighted by molar-refractivity contribution is -0.113. The maximum absolute atomic E-state index is 12.5. The van der Waals surface area contributed by atoms with Crippen molar-refractivity contribution in [3.8, 4) is 0 Å². The second-order valence-corrected chi connectivity index (χ2v) is 9.00. The summed E-state index contributed by atoms with van der Waals surface area (Å²) >= 11 is 7.39. The van der Waals surface area contributed by atoms with Crippen LogP contribution in [0.4, 0.5) is 5.69 Å². The fourth-order valence-electron chi connectivity index (χ4n) is 3.24. The summed E-state index contributed by atoms with van der Waals surface area (Å²) in [4.78, 5) is 25.0. The Kier molecular flexibility index (Phi) is 7.93. The summed E-state index contributed by atoms with van der Waals surface area (Å²) in [6, 6.07) is 14.3. The standard InChI is InChI=1S/C23H26ClN5O2S/c1-14(2)16-9-6-8-12-19(16)26-20(30)13-32-23-28-27-21(29(23)4)15(3)25-22(31)17-10-5-7-11-18(17)24/h5-12,14-15H,13H2,1-4H3,(H,25,31)(H,26,30)/t15-/m1/s1. The van der Waals surface area contributed by atoms with Crippen LogP contribution in [0, 0.1) is 0 Å². The van der Waals surface area contributed by atoms with Crippen molar-refractivity contribution in [2.75, 3.05) is 11.1 Å². The summed E-state index contributed by atoms with van der Waals surface area (Å²) in [6.45, 7) is 6.00. The van der Waals surface area contributed by atoms with E-state index >= 15 is 0 Å². The first-order chi connectivity index (χ1) is 15.3. The number of anilines is 1. The van der Waals surface area contributed by atoms with Gasteiger partial charge in [0.1, 0.15) is 0 Å². The lowest BCUT2D eigenvalue weighted by Crippen LogP contribution is -2.28. The minimum atomic E-state index is -0.391. The van der Waals surface area contributed by atoms with Crippen molar-refractivity contribution in [3.63, 3.8) is 0 Å². The number of hydrogen-bond acceptors (Lipinski definition) is 5. The first kappa shape index (κ1) is 23.8. The van der Waals surface area contributed by atoms with Gasteiger partial charge in [0.25, 0.3) is 5.91 Å². The average molecular weight is 472 g/mol. The molecule has 1 atom stereocenters. The number of rotatable bonds is 8. The van der Waals surface area contributed by atoms with Gasteiger partial charge in [0.05, 0.1) is 22.4 Å². The molecular weight excluding hydrogens is 446 g/mol. The van der Waals surface area contributed by atoms with Crippen molar-refractivity contribution in [3.05, 3.63) is 70.5 Å². The number of para-hydroxylation sites is 1. The molecule has 3 aromatic rings. The molecule has 0 saturated carbocycles. The molecule has 7 nitrogen and oxygen atoms in total. The van der Waals surface area contributed by atoms with Crippen LogP contribution >= 0.6 is 23.4 Å². The third-order valence-electron chi connectivity index (χ3n) is 4.91. The molecule has 2 amide bonds. The van der Waals surface area contributed by atoms with Gasteiger partial charge in [0.2, 0.25) is 5.91 Å². The lowest BCUT2D eigenvalue weighted by Gasteiger charge is -2.14. The first-order valence-electron chi connectivity index (χ1n) is 10.2. The number of nitrogens with one attached hydrogen (secondary N) is 2. The normalized spacial score (nSPS) is 11.9. The number of halogens is 1. The average Bonchev–Trinajstić information content (AvgIpc) is 3.13. The summed E-state index contributed by atoms with van der Waals surface area (Å²) in [6.07, 6.45) is 0. The van der Waals surface area contributed by atoms with E-state index in [1.54, 1.807) is 28.8 Å². The predicted octanol–water partition coefficient (Wildman–Crippen LogP) is 4.81. The number of carbonyl (C=O) groups is 2. The fourth-order valence-corrected chi connectivity index (χ4v) is 4.18. The van der Waals surface area contributed by atoms with E-state index < -0.39 is 6.04 Å². The third kappa shape index (κ3) is 5.69. The number of carbonyl (C=O) groups excluding carboxylic acids is 2. The zero-order valence-corrected chi connectivity index (χ0v) is 20.0. The van der Waals surface area contributed by atoms with E-state index in [1.807, 2.05) is 38.2 Å². The van der Waals surface area contributed by atoms with Crippen molar-refractivity contribution in [1.29, 1.82) is 0 Å². The summed E-state index contributed by atoms with van der Waals surface area (Å²) in [5, 5.41) is 15.2. The SMILES string of the molecule is CC(C)c1ccccc1NC(=O)CSc1nnc([C@@H](C)NC(=O)c2ccccc2Cl)n1C. The molecule has 0 fully saturated rings. The van der Waals surface area contributed by atoms with Crippen LogP contribution in [0.1, 0.15) is 54.5 Å². The van der Waals surface area contributed by atoms with Gasteiger partial charge >= 0.3 is 0 Å². The van der Waals surface area contributed by atoms with E-state index in [9.17, 15) is 9.59 Å². The molecule has 9 heteroatoms. The lowest BCUT2D eigenvalue weighted by atomic mass is 10.0. The zero-order valence-electron chi connectivity index (χ0n) is 18.4. The van der Waals surface area contributed by atoms with E-state index in [0.29, 0.717) is 27.5 Å². The van der Waals surface area contributed by atoms with Crippen molar-refractivity contribution < 1.29 is 9.59 Å².